The molecule has 0 heterocycles. The Bertz CT molecular complexity index is 698. The van der Waals surface area contributed by atoms with Crippen LogP contribution in [-0.4, -0.2) is 5.54 Å². The van der Waals surface area contributed by atoms with Gasteiger partial charge in [-0.1, -0.05) is 19.1 Å². The smallest absolute Gasteiger partial charge is 0.253 e. The van der Waals surface area contributed by atoms with Crippen molar-refractivity contribution in [3.8, 4) is 0 Å². The summed E-state index contributed by atoms with van der Waals surface area (Å²) in [6.45, 7) is 6.30. The highest BCUT2D eigenvalue weighted by molar-refractivity contribution is 5.74. The molecule has 0 atom stereocenters. The molecule has 0 fully saturated rings. The minimum atomic E-state index is -0.508. The minimum absolute atomic E-state index is 0.255. The van der Waals surface area contributed by atoms with Gasteiger partial charge in [-0.2, -0.15) is 0 Å². The fourth-order valence-electron chi connectivity index (χ4n) is 1.90. The Balaban J connectivity index is 2.11. The Kier molecular flexibility index (Phi) is 4.11. The summed E-state index contributed by atoms with van der Waals surface area (Å²) in [5.74, 6) is -0.306. The number of rotatable bonds is 6. The molecule has 0 aliphatic carbocycles. The summed E-state index contributed by atoms with van der Waals surface area (Å²) in [4.78, 5) is 23.3. The molecule has 0 saturated carbocycles. The summed E-state index contributed by atoms with van der Waals surface area (Å²) < 4.78 is 12.8. The second kappa shape index (κ2) is 5.68. The van der Waals surface area contributed by atoms with Gasteiger partial charge < -0.3 is 10.6 Å². The summed E-state index contributed by atoms with van der Waals surface area (Å²) in [5.41, 5.74) is 0.240. The van der Waals surface area contributed by atoms with Gasteiger partial charge in [-0.15, -0.1) is 0 Å². The molecular weight excluding hydrogens is 271 g/mol. The third kappa shape index (κ3) is 3.29. The van der Waals surface area contributed by atoms with Crippen molar-refractivity contribution in [3.05, 3.63) is 56.1 Å². The maximum atomic E-state index is 12.8. The van der Waals surface area contributed by atoms with Crippen LogP contribution in [0.1, 0.15) is 32.8 Å². The lowest BCUT2D eigenvalue weighted by atomic mass is 10.00. The monoisotopic (exact) mass is 290 g/mol. The molecule has 2 aromatic carbocycles. The van der Waals surface area contributed by atoms with E-state index in [4.69, 9.17) is 0 Å². The fourth-order valence-corrected chi connectivity index (χ4v) is 1.90. The van der Waals surface area contributed by atoms with Crippen molar-refractivity contribution in [1.29, 1.82) is 0 Å². The Labute approximate surface area is 122 Å². The van der Waals surface area contributed by atoms with Crippen LogP contribution in [0, 0.1) is 5.82 Å². The SMILES string of the molecule is CCC(C)(C)Nc1c(NCc2ccc(F)cc2)c(=O)c1=O. The summed E-state index contributed by atoms with van der Waals surface area (Å²) in [6, 6.07) is 5.99. The molecule has 112 valence electrons. The first-order chi connectivity index (χ1) is 9.84. The van der Waals surface area contributed by atoms with Gasteiger partial charge in [-0.25, -0.2) is 4.39 Å². The Morgan fingerprint density at radius 2 is 1.62 bits per heavy atom. The number of hydrogen-bond donors (Lipinski definition) is 2. The molecule has 0 radical (unpaired) electrons. The molecule has 0 bridgehead atoms. The summed E-state index contributed by atoms with van der Waals surface area (Å²) in [5, 5.41) is 6.06. The Morgan fingerprint density at radius 3 is 2.19 bits per heavy atom. The van der Waals surface area contributed by atoms with Gasteiger partial charge in [0.05, 0.1) is 0 Å². The molecule has 4 nitrogen and oxygen atoms in total. The van der Waals surface area contributed by atoms with E-state index in [2.05, 4.69) is 10.6 Å². The van der Waals surface area contributed by atoms with E-state index < -0.39 is 10.9 Å². The predicted octanol–water partition coefficient (Wildman–Crippen LogP) is 2.63. The zero-order valence-corrected chi connectivity index (χ0v) is 12.4. The van der Waals surface area contributed by atoms with Crippen molar-refractivity contribution in [1.82, 2.24) is 0 Å². The van der Waals surface area contributed by atoms with Crippen molar-refractivity contribution in [2.45, 2.75) is 39.3 Å². The van der Waals surface area contributed by atoms with Gasteiger partial charge in [0.15, 0.2) is 0 Å². The molecule has 21 heavy (non-hydrogen) atoms. The number of hydrogen-bond acceptors (Lipinski definition) is 4. The minimum Gasteiger partial charge on any atom is -0.376 e. The first kappa shape index (κ1) is 15.2. The largest absolute Gasteiger partial charge is 0.376 e. The molecule has 0 aliphatic heterocycles. The van der Waals surface area contributed by atoms with E-state index in [-0.39, 0.29) is 11.4 Å². The molecule has 0 unspecified atom stereocenters. The molecule has 0 aromatic heterocycles. The van der Waals surface area contributed by atoms with E-state index >= 15 is 0 Å². The molecule has 5 heteroatoms. The van der Waals surface area contributed by atoms with Gasteiger partial charge in [0.2, 0.25) is 0 Å². The third-order valence-electron chi connectivity index (χ3n) is 3.64. The lowest BCUT2D eigenvalue weighted by molar-refractivity contribution is 0.546. The molecule has 2 aromatic rings. The maximum absolute atomic E-state index is 12.8. The van der Waals surface area contributed by atoms with E-state index in [0.29, 0.717) is 17.9 Å². The first-order valence-electron chi connectivity index (χ1n) is 6.94. The topological polar surface area (TPSA) is 58.2 Å². The lowest BCUT2D eigenvalue weighted by Crippen LogP contribution is -2.42. The van der Waals surface area contributed by atoms with Gasteiger partial charge >= 0.3 is 0 Å². The van der Waals surface area contributed by atoms with Crippen LogP contribution >= 0.6 is 0 Å². The summed E-state index contributed by atoms with van der Waals surface area (Å²) >= 11 is 0. The summed E-state index contributed by atoms with van der Waals surface area (Å²) in [6.07, 6.45) is 0.823. The second-order valence-corrected chi connectivity index (χ2v) is 5.75. The fraction of sp³-hybridized carbons (Fsp3) is 0.375. The van der Waals surface area contributed by atoms with E-state index in [9.17, 15) is 14.0 Å². The molecular formula is C16H19FN2O2. The van der Waals surface area contributed by atoms with Gasteiger partial charge in [0.1, 0.15) is 17.2 Å². The molecule has 0 spiro atoms. The standard InChI is InChI=1S/C16H19FN2O2/c1-4-16(2,3)19-13-12(14(20)15(13)21)18-9-10-5-7-11(17)8-6-10/h5-8,18-19H,4,9H2,1-3H3. The van der Waals surface area contributed by atoms with E-state index in [0.717, 1.165) is 12.0 Å². The molecule has 0 aliphatic rings. The number of nitrogens with one attached hydrogen (secondary N) is 2. The van der Waals surface area contributed by atoms with E-state index in [1.807, 2.05) is 20.8 Å². The molecule has 0 amide bonds. The highest BCUT2D eigenvalue weighted by atomic mass is 19.1. The lowest BCUT2D eigenvalue weighted by Gasteiger charge is -2.27. The van der Waals surface area contributed by atoms with Gasteiger partial charge in [-0.05, 0) is 38.0 Å². The van der Waals surface area contributed by atoms with Crippen molar-refractivity contribution in [2.24, 2.45) is 0 Å². The van der Waals surface area contributed by atoms with Crippen molar-refractivity contribution >= 4 is 11.4 Å². The van der Waals surface area contributed by atoms with Crippen LogP contribution in [0.4, 0.5) is 15.8 Å². The van der Waals surface area contributed by atoms with Gasteiger partial charge in [-0.3, -0.25) is 9.59 Å². The van der Waals surface area contributed by atoms with Crippen LogP contribution in [0.2, 0.25) is 0 Å². The van der Waals surface area contributed by atoms with E-state index in [1.54, 1.807) is 12.1 Å². The Morgan fingerprint density at radius 1 is 1.05 bits per heavy atom. The summed E-state index contributed by atoms with van der Waals surface area (Å²) in [7, 11) is 0. The maximum Gasteiger partial charge on any atom is 0.253 e. The second-order valence-electron chi connectivity index (χ2n) is 5.75. The average Bonchev–Trinajstić information content (AvgIpc) is 2.47. The van der Waals surface area contributed by atoms with Crippen LogP contribution in [0.3, 0.4) is 0 Å². The van der Waals surface area contributed by atoms with Crippen LogP contribution in [-0.2, 0) is 6.54 Å². The first-order valence-corrected chi connectivity index (χ1v) is 6.94. The molecule has 0 saturated heterocycles. The van der Waals surface area contributed by atoms with Crippen LogP contribution < -0.4 is 21.5 Å². The zero-order valence-electron chi connectivity index (χ0n) is 12.4. The number of halogens is 1. The van der Waals surface area contributed by atoms with E-state index in [1.165, 1.54) is 12.1 Å². The quantitative estimate of drug-likeness (QED) is 0.803. The highest BCUT2D eigenvalue weighted by Gasteiger charge is 2.25. The normalized spacial score (nSPS) is 11.6. The van der Waals surface area contributed by atoms with Crippen molar-refractivity contribution in [2.75, 3.05) is 10.6 Å². The van der Waals surface area contributed by atoms with Gasteiger partial charge in [0.25, 0.3) is 10.9 Å². The number of anilines is 2. The Hall–Kier alpha value is -2.17. The molecule has 2 N–H and O–H groups in total. The highest BCUT2D eigenvalue weighted by Crippen LogP contribution is 2.22. The number of benzene rings is 1. The average molecular weight is 290 g/mol. The van der Waals surface area contributed by atoms with Gasteiger partial charge in [0, 0.05) is 12.1 Å². The van der Waals surface area contributed by atoms with Crippen LogP contribution in [0.25, 0.3) is 0 Å². The predicted molar refractivity (Wildman–Crippen MR) is 83.1 cm³/mol. The third-order valence-corrected chi connectivity index (χ3v) is 3.64. The molecule has 2 rings (SSSR count). The van der Waals surface area contributed by atoms with Crippen LogP contribution in [0.5, 0.6) is 0 Å². The van der Waals surface area contributed by atoms with Crippen molar-refractivity contribution < 1.29 is 4.39 Å². The zero-order chi connectivity index (χ0) is 15.6. The van der Waals surface area contributed by atoms with Crippen molar-refractivity contribution in [3.63, 3.8) is 0 Å². The van der Waals surface area contributed by atoms with Crippen LogP contribution in [0.15, 0.2) is 33.9 Å².